The molecule has 6 heteroatoms. The summed E-state index contributed by atoms with van der Waals surface area (Å²) in [6, 6.07) is 0. The Hall–Kier alpha value is -0.436. The van der Waals surface area contributed by atoms with Gasteiger partial charge in [-0.1, -0.05) is 12.2 Å². The highest BCUT2D eigenvalue weighted by molar-refractivity contribution is 6.70. The van der Waals surface area contributed by atoms with Gasteiger partial charge in [0.1, 0.15) is 0 Å². The fourth-order valence-corrected chi connectivity index (χ4v) is 5.05. The van der Waals surface area contributed by atoms with Crippen molar-refractivity contribution in [3.05, 3.63) is 12.2 Å². The number of carbonyl (C=O) groups excluding carboxylic acids is 1. The summed E-state index contributed by atoms with van der Waals surface area (Å²) in [5, 5.41) is 3.04. The van der Waals surface area contributed by atoms with Crippen molar-refractivity contribution in [2.24, 2.45) is 0 Å². The first-order valence-electron chi connectivity index (χ1n) is 7.35. The van der Waals surface area contributed by atoms with Gasteiger partial charge in [0.2, 0.25) is 5.91 Å². The van der Waals surface area contributed by atoms with Crippen LogP contribution in [0.3, 0.4) is 0 Å². The van der Waals surface area contributed by atoms with Gasteiger partial charge in [-0.2, -0.15) is 0 Å². The first-order chi connectivity index (χ1) is 8.99. The lowest BCUT2D eigenvalue weighted by atomic mass is 9.76. The van der Waals surface area contributed by atoms with E-state index >= 15 is 0 Å². The Kier molecular flexibility index (Phi) is 4.05. The number of hydrogen-bond donors (Lipinski definition) is 1. The van der Waals surface area contributed by atoms with Crippen molar-refractivity contribution in [3.8, 4) is 0 Å². The molecule has 1 spiro atoms. The minimum atomic E-state index is -1.66. The van der Waals surface area contributed by atoms with E-state index in [2.05, 4.69) is 56.8 Å². The number of rotatable bonds is 4. The van der Waals surface area contributed by atoms with Crippen molar-refractivity contribution in [1.29, 1.82) is 0 Å². The van der Waals surface area contributed by atoms with Crippen LogP contribution in [0.15, 0.2) is 12.2 Å². The van der Waals surface area contributed by atoms with Gasteiger partial charge in [0, 0.05) is 6.42 Å². The lowest BCUT2D eigenvalue weighted by molar-refractivity contribution is -0.135. The largest absolute Gasteiger partial charge is 0.412 e. The smallest absolute Gasteiger partial charge is 0.223 e. The molecular formula is C14H27NO3Si2. The molecule has 3 atom stereocenters. The standard InChI is InChI=1S/C14H27NO3Si2/c1-19(2,3)17-11-7-8-14(10-13(16)15-14)12(9-11)18-20(4,5)6/h7-8,11-12H,9-10H2,1-6H3,(H,15,16). The third-order valence-electron chi connectivity index (χ3n) is 3.46. The molecular weight excluding hydrogens is 286 g/mol. The second-order valence-corrected chi connectivity index (χ2v) is 16.8. The van der Waals surface area contributed by atoms with E-state index in [-0.39, 0.29) is 23.7 Å². The van der Waals surface area contributed by atoms with Gasteiger partial charge in [-0.3, -0.25) is 4.79 Å². The summed E-state index contributed by atoms with van der Waals surface area (Å²) < 4.78 is 12.5. The summed E-state index contributed by atoms with van der Waals surface area (Å²) in [5.41, 5.74) is -0.281. The predicted molar refractivity (Wildman–Crippen MR) is 85.7 cm³/mol. The van der Waals surface area contributed by atoms with E-state index in [1.54, 1.807) is 0 Å². The van der Waals surface area contributed by atoms with Crippen LogP contribution in [0.5, 0.6) is 0 Å². The number of carbonyl (C=O) groups is 1. The molecule has 0 aromatic heterocycles. The maximum atomic E-state index is 11.4. The number of amides is 1. The Morgan fingerprint density at radius 3 is 2.15 bits per heavy atom. The molecule has 0 saturated carbocycles. The molecule has 2 rings (SSSR count). The van der Waals surface area contributed by atoms with Gasteiger partial charge in [-0.05, 0) is 39.3 Å². The molecule has 2 aliphatic rings. The molecule has 0 aromatic rings. The van der Waals surface area contributed by atoms with Crippen molar-refractivity contribution in [3.63, 3.8) is 0 Å². The molecule has 1 amide bonds. The van der Waals surface area contributed by atoms with E-state index in [0.717, 1.165) is 6.42 Å². The Morgan fingerprint density at radius 2 is 1.70 bits per heavy atom. The Bertz CT molecular complexity index is 415. The zero-order valence-corrected chi connectivity index (χ0v) is 15.4. The predicted octanol–water partition coefficient (Wildman–Crippen LogP) is 2.65. The van der Waals surface area contributed by atoms with E-state index < -0.39 is 16.6 Å². The van der Waals surface area contributed by atoms with Crippen LogP contribution in [0, 0.1) is 0 Å². The summed E-state index contributed by atoms with van der Waals surface area (Å²) in [4.78, 5) is 11.4. The van der Waals surface area contributed by atoms with Gasteiger partial charge >= 0.3 is 0 Å². The molecule has 1 heterocycles. The topological polar surface area (TPSA) is 47.6 Å². The van der Waals surface area contributed by atoms with Crippen molar-refractivity contribution in [2.45, 2.75) is 69.9 Å². The molecule has 1 N–H and O–H groups in total. The van der Waals surface area contributed by atoms with Gasteiger partial charge in [0.25, 0.3) is 0 Å². The van der Waals surface area contributed by atoms with E-state index in [1.165, 1.54) is 0 Å². The molecule has 1 aliphatic carbocycles. The van der Waals surface area contributed by atoms with Crippen LogP contribution >= 0.6 is 0 Å². The zero-order chi connectivity index (χ0) is 15.2. The molecule has 4 nitrogen and oxygen atoms in total. The van der Waals surface area contributed by atoms with E-state index in [0.29, 0.717) is 6.42 Å². The van der Waals surface area contributed by atoms with Crippen molar-refractivity contribution in [2.75, 3.05) is 0 Å². The summed E-state index contributed by atoms with van der Waals surface area (Å²) >= 11 is 0. The van der Waals surface area contributed by atoms with E-state index in [1.807, 2.05) is 0 Å². The number of β-lactam (4-membered cyclic amide) rings is 1. The van der Waals surface area contributed by atoms with Crippen LogP contribution in [0.4, 0.5) is 0 Å². The maximum absolute atomic E-state index is 11.4. The monoisotopic (exact) mass is 313 g/mol. The lowest BCUT2D eigenvalue weighted by Crippen LogP contribution is -2.69. The third-order valence-corrected chi connectivity index (χ3v) is 5.46. The summed E-state index contributed by atoms with van der Waals surface area (Å²) in [6.45, 7) is 13.2. The van der Waals surface area contributed by atoms with Crippen LogP contribution < -0.4 is 5.32 Å². The SMILES string of the molecule is C[Si](C)(C)OC1C=CC2(CC(=O)N2)C(O[Si](C)(C)C)C1. The highest BCUT2D eigenvalue weighted by atomic mass is 28.4. The quantitative estimate of drug-likeness (QED) is 0.493. The van der Waals surface area contributed by atoms with E-state index in [9.17, 15) is 4.79 Å². The average Bonchev–Trinajstić information content (AvgIpc) is 2.15. The maximum Gasteiger partial charge on any atom is 0.223 e. The molecule has 1 fully saturated rings. The van der Waals surface area contributed by atoms with Gasteiger partial charge in [0.05, 0.1) is 24.2 Å². The van der Waals surface area contributed by atoms with Crippen LogP contribution in [0.1, 0.15) is 12.8 Å². The molecule has 0 aromatic carbocycles. The van der Waals surface area contributed by atoms with Crippen LogP contribution in [0.25, 0.3) is 0 Å². The Balaban J connectivity index is 2.13. The van der Waals surface area contributed by atoms with Crippen LogP contribution in [-0.4, -0.2) is 40.3 Å². The van der Waals surface area contributed by atoms with E-state index in [4.69, 9.17) is 8.85 Å². The Labute approximate surface area is 124 Å². The van der Waals surface area contributed by atoms with Crippen LogP contribution in [0.2, 0.25) is 39.3 Å². The number of hydrogen-bond acceptors (Lipinski definition) is 3. The molecule has 114 valence electrons. The fraction of sp³-hybridized carbons (Fsp3) is 0.786. The van der Waals surface area contributed by atoms with Crippen molar-refractivity contribution in [1.82, 2.24) is 5.32 Å². The molecule has 0 bridgehead atoms. The Morgan fingerprint density at radius 1 is 1.15 bits per heavy atom. The fourth-order valence-electron chi connectivity index (χ4n) is 2.81. The highest BCUT2D eigenvalue weighted by Crippen LogP contribution is 2.37. The summed E-state index contributed by atoms with van der Waals surface area (Å²) in [7, 11) is -3.22. The number of nitrogens with one attached hydrogen (secondary N) is 1. The second kappa shape index (κ2) is 5.08. The van der Waals surface area contributed by atoms with Gasteiger partial charge in [0.15, 0.2) is 16.6 Å². The van der Waals surface area contributed by atoms with Gasteiger partial charge < -0.3 is 14.2 Å². The molecule has 3 unspecified atom stereocenters. The third kappa shape index (κ3) is 3.81. The minimum absolute atomic E-state index is 0.0400. The van der Waals surface area contributed by atoms with Gasteiger partial charge in [-0.15, -0.1) is 0 Å². The molecule has 0 radical (unpaired) electrons. The first-order valence-corrected chi connectivity index (χ1v) is 14.2. The van der Waals surface area contributed by atoms with Crippen LogP contribution in [-0.2, 0) is 13.6 Å². The lowest BCUT2D eigenvalue weighted by Gasteiger charge is -2.50. The van der Waals surface area contributed by atoms with Gasteiger partial charge in [-0.25, -0.2) is 0 Å². The summed E-state index contributed by atoms with van der Waals surface area (Å²) in [6.07, 6.45) is 5.75. The van der Waals surface area contributed by atoms with Crippen molar-refractivity contribution >= 4 is 22.5 Å². The first kappa shape index (κ1) is 15.9. The zero-order valence-electron chi connectivity index (χ0n) is 13.4. The molecule has 20 heavy (non-hydrogen) atoms. The average molecular weight is 314 g/mol. The molecule has 1 saturated heterocycles. The molecule has 1 aliphatic heterocycles. The minimum Gasteiger partial charge on any atom is -0.412 e. The van der Waals surface area contributed by atoms with Crippen molar-refractivity contribution < 1.29 is 13.6 Å². The highest BCUT2D eigenvalue weighted by Gasteiger charge is 2.51. The normalized spacial score (nSPS) is 34.0. The summed E-state index contributed by atoms with van der Waals surface area (Å²) in [5.74, 6) is 0.114. The second-order valence-electron chi connectivity index (χ2n) is 7.85.